The predicted molar refractivity (Wildman–Crippen MR) is 67.8 cm³/mol. The SMILES string of the molecule is CCOCC(=O)NCC#Cc1ccccc1Cl. The smallest absolute Gasteiger partial charge is 0.246 e. The molecule has 4 heteroatoms. The number of rotatable bonds is 4. The van der Waals surface area contributed by atoms with E-state index in [1.54, 1.807) is 6.07 Å². The first kappa shape index (κ1) is 13.6. The fourth-order valence-corrected chi connectivity index (χ4v) is 1.27. The highest BCUT2D eigenvalue weighted by molar-refractivity contribution is 6.31. The van der Waals surface area contributed by atoms with E-state index in [1.807, 2.05) is 25.1 Å². The topological polar surface area (TPSA) is 38.3 Å². The second-order valence-electron chi connectivity index (χ2n) is 3.20. The number of nitrogens with one attached hydrogen (secondary N) is 1. The van der Waals surface area contributed by atoms with E-state index < -0.39 is 0 Å². The van der Waals surface area contributed by atoms with Gasteiger partial charge in [-0.1, -0.05) is 35.6 Å². The van der Waals surface area contributed by atoms with Crippen LogP contribution in [0, 0.1) is 11.8 Å². The van der Waals surface area contributed by atoms with Crippen LogP contribution < -0.4 is 5.32 Å². The fourth-order valence-electron chi connectivity index (χ4n) is 1.09. The molecular formula is C13H14ClNO2. The average molecular weight is 252 g/mol. The molecule has 0 aliphatic carbocycles. The van der Waals surface area contributed by atoms with Crippen molar-refractivity contribution in [1.82, 2.24) is 5.32 Å². The minimum absolute atomic E-state index is 0.0737. The van der Waals surface area contributed by atoms with Gasteiger partial charge in [0.25, 0.3) is 0 Å². The molecule has 0 saturated heterocycles. The van der Waals surface area contributed by atoms with E-state index in [2.05, 4.69) is 17.2 Å². The van der Waals surface area contributed by atoms with Crippen LogP contribution in [-0.4, -0.2) is 25.7 Å². The molecule has 0 spiro atoms. The Morgan fingerprint density at radius 3 is 2.94 bits per heavy atom. The Kier molecular flexibility index (Phi) is 6.16. The molecule has 0 atom stereocenters. The number of benzene rings is 1. The maximum atomic E-state index is 11.2. The number of hydrogen-bond donors (Lipinski definition) is 1. The second-order valence-corrected chi connectivity index (χ2v) is 3.60. The number of amides is 1. The number of halogens is 1. The van der Waals surface area contributed by atoms with Crippen molar-refractivity contribution in [2.24, 2.45) is 0 Å². The Morgan fingerprint density at radius 1 is 1.47 bits per heavy atom. The molecule has 1 rings (SSSR count). The molecule has 0 aromatic heterocycles. The summed E-state index contributed by atoms with van der Waals surface area (Å²) >= 11 is 5.92. The van der Waals surface area contributed by atoms with Crippen LogP contribution in [0.4, 0.5) is 0 Å². The lowest BCUT2D eigenvalue weighted by Crippen LogP contribution is -2.27. The Morgan fingerprint density at radius 2 is 2.24 bits per heavy atom. The van der Waals surface area contributed by atoms with Crippen LogP contribution in [0.3, 0.4) is 0 Å². The van der Waals surface area contributed by atoms with Crippen LogP contribution in [0.1, 0.15) is 12.5 Å². The lowest BCUT2D eigenvalue weighted by Gasteiger charge is -2.00. The summed E-state index contributed by atoms with van der Waals surface area (Å²) < 4.78 is 4.95. The van der Waals surface area contributed by atoms with Gasteiger partial charge in [0.05, 0.1) is 11.6 Å². The number of carbonyl (C=O) groups is 1. The molecule has 0 heterocycles. The molecule has 1 amide bonds. The van der Waals surface area contributed by atoms with Gasteiger partial charge in [0, 0.05) is 12.2 Å². The van der Waals surface area contributed by atoms with Gasteiger partial charge in [-0.05, 0) is 19.1 Å². The minimum atomic E-state index is -0.166. The van der Waals surface area contributed by atoms with Crippen molar-refractivity contribution in [3.05, 3.63) is 34.9 Å². The lowest BCUT2D eigenvalue weighted by molar-refractivity contribution is -0.125. The van der Waals surface area contributed by atoms with Gasteiger partial charge in [0.15, 0.2) is 0 Å². The zero-order chi connectivity index (χ0) is 12.5. The Bertz CT molecular complexity index is 435. The molecule has 17 heavy (non-hydrogen) atoms. The molecule has 0 saturated carbocycles. The van der Waals surface area contributed by atoms with Crippen LogP contribution >= 0.6 is 11.6 Å². The molecule has 1 aromatic rings. The average Bonchev–Trinajstić information content (AvgIpc) is 2.34. The van der Waals surface area contributed by atoms with E-state index in [0.29, 0.717) is 11.6 Å². The molecule has 90 valence electrons. The Hall–Kier alpha value is -1.50. The van der Waals surface area contributed by atoms with E-state index in [4.69, 9.17) is 16.3 Å². The van der Waals surface area contributed by atoms with Gasteiger partial charge in [-0.2, -0.15) is 0 Å². The maximum absolute atomic E-state index is 11.2. The molecular weight excluding hydrogens is 238 g/mol. The third-order valence-corrected chi connectivity index (χ3v) is 2.24. The van der Waals surface area contributed by atoms with Crippen molar-refractivity contribution in [2.75, 3.05) is 19.8 Å². The van der Waals surface area contributed by atoms with Crippen LogP contribution in [0.15, 0.2) is 24.3 Å². The largest absolute Gasteiger partial charge is 0.372 e. The van der Waals surface area contributed by atoms with Gasteiger partial charge < -0.3 is 10.1 Å². The summed E-state index contributed by atoms with van der Waals surface area (Å²) in [5, 5.41) is 3.24. The van der Waals surface area contributed by atoms with Gasteiger partial charge in [-0.3, -0.25) is 4.79 Å². The molecule has 3 nitrogen and oxygen atoms in total. The van der Waals surface area contributed by atoms with Gasteiger partial charge >= 0.3 is 0 Å². The minimum Gasteiger partial charge on any atom is -0.372 e. The highest BCUT2D eigenvalue weighted by atomic mass is 35.5. The summed E-state index contributed by atoms with van der Waals surface area (Å²) in [6.45, 7) is 2.73. The summed E-state index contributed by atoms with van der Waals surface area (Å²) in [7, 11) is 0. The zero-order valence-corrected chi connectivity index (χ0v) is 10.4. The zero-order valence-electron chi connectivity index (χ0n) is 9.63. The normalized spacial score (nSPS) is 9.29. The van der Waals surface area contributed by atoms with E-state index in [9.17, 15) is 4.79 Å². The van der Waals surface area contributed by atoms with Gasteiger partial charge in [-0.15, -0.1) is 0 Å². The molecule has 1 aromatic carbocycles. The standard InChI is InChI=1S/C13H14ClNO2/c1-2-17-10-13(16)15-9-5-7-11-6-3-4-8-12(11)14/h3-4,6,8H,2,9-10H2,1H3,(H,15,16). The molecule has 0 fully saturated rings. The van der Waals surface area contributed by atoms with Crippen LogP contribution in [0.25, 0.3) is 0 Å². The monoisotopic (exact) mass is 251 g/mol. The molecule has 0 bridgehead atoms. The fraction of sp³-hybridized carbons (Fsp3) is 0.308. The summed E-state index contributed by atoms with van der Waals surface area (Å²) in [6, 6.07) is 7.32. The molecule has 0 unspecified atom stereocenters. The summed E-state index contributed by atoms with van der Waals surface area (Å²) in [5.41, 5.74) is 0.758. The first-order valence-electron chi connectivity index (χ1n) is 5.32. The van der Waals surface area contributed by atoms with E-state index in [0.717, 1.165) is 5.56 Å². The van der Waals surface area contributed by atoms with Crippen LogP contribution in [0.2, 0.25) is 5.02 Å². The Labute approximate surface area is 106 Å². The van der Waals surface area contributed by atoms with Gasteiger partial charge in [0.1, 0.15) is 6.61 Å². The summed E-state index contributed by atoms with van der Waals surface area (Å²) in [6.07, 6.45) is 0. The first-order chi connectivity index (χ1) is 8.24. The highest BCUT2D eigenvalue weighted by Gasteiger charge is 1.97. The summed E-state index contributed by atoms with van der Waals surface area (Å²) in [5.74, 6) is 5.55. The van der Waals surface area contributed by atoms with Crippen LogP contribution in [-0.2, 0) is 9.53 Å². The van der Waals surface area contributed by atoms with Crippen LogP contribution in [0.5, 0.6) is 0 Å². The van der Waals surface area contributed by atoms with Gasteiger partial charge in [-0.25, -0.2) is 0 Å². The van der Waals surface area contributed by atoms with E-state index in [1.165, 1.54) is 0 Å². The van der Waals surface area contributed by atoms with Crippen molar-refractivity contribution in [3.8, 4) is 11.8 Å². The highest BCUT2D eigenvalue weighted by Crippen LogP contribution is 2.12. The van der Waals surface area contributed by atoms with Gasteiger partial charge in [0.2, 0.25) is 5.91 Å². The Balaban J connectivity index is 2.37. The third kappa shape index (κ3) is 5.39. The van der Waals surface area contributed by atoms with Crippen molar-refractivity contribution in [2.45, 2.75) is 6.92 Å². The maximum Gasteiger partial charge on any atom is 0.246 e. The lowest BCUT2D eigenvalue weighted by atomic mass is 10.2. The molecule has 0 aliphatic rings. The molecule has 0 aliphatic heterocycles. The van der Waals surface area contributed by atoms with E-state index >= 15 is 0 Å². The molecule has 1 N–H and O–H groups in total. The number of carbonyl (C=O) groups excluding carboxylic acids is 1. The summed E-state index contributed by atoms with van der Waals surface area (Å²) in [4.78, 5) is 11.2. The second kappa shape index (κ2) is 7.72. The van der Waals surface area contributed by atoms with Crippen molar-refractivity contribution < 1.29 is 9.53 Å². The first-order valence-corrected chi connectivity index (χ1v) is 5.69. The predicted octanol–water partition coefficient (Wildman–Crippen LogP) is 1.84. The molecule has 0 radical (unpaired) electrons. The third-order valence-electron chi connectivity index (χ3n) is 1.91. The van der Waals surface area contributed by atoms with Crippen molar-refractivity contribution >= 4 is 17.5 Å². The quantitative estimate of drug-likeness (QED) is 0.830. The van der Waals surface area contributed by atoms with Crippen molar-refractivity contribution in [1.29, 1.82) is 0 Å². The van der Waals surface area contributed by atoms with Crippen molar-refractivity contribution in [3.63, 3.8) is 0 Å². The number of hydrogen-bond acceptors (Lipinski definition) is 2. The van der Waals surface area contributed by atoms with E-state index in [-0.39, 0.29) is 19.1 Å². The number of ether oxygens (including phenoxy) is 1.